The van der Waals surface area contributed by atoms with Gasteiger partial charge in [0.1, 0.15) is 0 Å². The van der Waals surface area contributed by atoms with Crippen molar-refractivity contribution in [3.8, 4) is 0 Å². The molecule has 3 aromatic rings. The Balaban J connectivity index is 1.36. The molecular formula is C28H26ClN3O5. The summed E-state index contributed by atoms with van der Waals surface area (Å²) in [7, 11) is 0. The molecule has 3 aromatic carbocycles. The SMILES string of the molecule is Cc1ccc(C(=O)C(=O)Nc2ccc(C3CCN(C(=O)c4cc(Cl)cc([N+](=O)[O-])c4C)CC3)cc2)cc1. The van der Waals surface area contributed by atoms with E-state index in [0.29, 0.717) is 29.9 Å². The van der Waals surface area contributed by atoms with Gasteiger partial charge in [-0.15, -0.1) is 0 Å². The van der Waals surface area contributed by atoms with Crippen molar-refractivity contribution in [2.45, 2.75) is 32.6 Å². The standard InChI is InChI=1S/C28H26ClN3O5/c1-17-3-5-21(6-4-17)26(33)27(34)30-23-9-7-19(8-10-23)20-11-13-31(14-12-20)28(35)24-15-22(29)16-25(18(24)2)32(36)37/h3-10,15-16,20H,11-14H2,1-2H3,(H,30,34). The predicted octanol–water partition coefficient (Wildman–Crippen LogP) is 5.71. The number of aryl methyl sites for hydroxylation is 1. The highest BCUT2D eigenvalue weighted by Gasteiger charge is 2.28. The Bertz CT molecular complexity index is 1360. The number of nitro benzene ring substituents is 1. The Labute approximate surface area is 219 Å². The van der Waals surface area contributed by atoms with Gasteiger partial charge in [-0.2, -0.15) is 0 Å². The van der Waals surface area contributed by atoms with E-state index in [2.05, 4.69) is 5.32 Å². The van der Waals surface area contributed by atoms with Gasteiger partial charge in [-0.25, -0.2) is 0 Å². The fourth-order valence-electron chi connectivity index (χ4n) is 4.53. The van der Waals surface area contributed by atoms with Crippen LogP contribution >= 0.6 is 11.6 Å². The van der Waals surface area contributed by atoms with Crippen LogP contribution in [0.4, 0.5) is 11.4 Å². The summed E-state index contributed by atoms with van der Waals surface area (Å²) in [5, 5.41) is 14.1. The number of nitro groups is 1. The quantitative estimate of drug-likeness (QED) is 0.194. The van der Waals surface area contributed by atoms with E-state index in [1.165, 1.54) is 12.1 Å². The van der Waals surface area contributed by atoms with Crippen molar-refractivity contribution in [1.82, 2.24) is 4.90 Å². The lowest BCUT2D eigenvalue weighted by molar-refractivity contribution is -0.385. The van der Waals surface area contributed by atoms with Gasteiger partial charge in [0, 0.05) is 41.0 Å². The van der Waals surface area contributed by atoms with Crippen LogP contribution in [0.15, 0.2) is 60.7 Å². The summed E-state index contributed by atoms with van der Waals surface area (Å²) in [6.07, 6.45) is 1.45. The van der Waals surface area contributed by atoms with Gasteiger partial charge in [0.05, 0.1) is 10.5 Å². The normalized spacial score (nSPS) is 13.8. The number of nitrogens with zero attached hydrogens (tertiary/aromatic N) is 2. The number of ketones is 1. The molecule has 4 rings (SSSR count). The Morgan fingerprint density at radius 3 is 2.19 bits per heavy atom. The number of Topliss-reactive ketones (excluding diaryl/α,β-unsaturated/α-hetero) is 1. The van der Waals surface area contributed by atoms with Crippen LogP contribution in [0.2, 0.25) is 5.02 Å². The molecule has 0 atom stereocenters. The Morgan fingerprint density at radius 1 is 0.973 bits per heavy atom. The van der Waals surface area contributed by atoms with Crippen LogP contribution in [0.3, 0.4) is 0 Å². The topological polar surface area (TPSA) is 110 Å². The number of hydrogen-bond acceptors (Lipinski definition) is 5. The van der Waals surface area contributed by atoms with Crippen LogP contribution < -0.4 is 5.32 Å². The summed E-state index contributed by atoms with van der Waals surface area (Å²) in [5.74, 6) is -1.34. The van der Waals surface area contributed by atoms with Crippen LogP contribution in [0.25, 0.3) is 0 Å². The van der Waals surface area contributed by atoms with Crippen molar-refractivity contribution in [3.63, 3.8) is 0 Å². The van der Waals surface area contributed by atoms with E-state index in [9.17, 15) is 24.5 Å². The fraction of sp³-hybridized carbons (Fsp3) is 0.250. The third kappa shape index (κ3) is 5.86. The highest BCUT2D eigenvalue weighted by molar-refractivity contribution is 6.46. The van der Waals surface area contributed by atoms with Crippen molar-refractivity contribution in [3.05, 3.63) is 104 Å². The van der Waals surface area contributed by atoms with Gasteiger partial charge < -0.3 is 10.2 Å². The monoisotopic (exact) mass is 519 g/mol. The van der Waals surface area contributed by atoms with Crippen molar-refractivity contribution in [2.24, 2.45) is 0 Å². The van der Waals surface area contributed by atoms with Crippen LogP contribution in [0.5, 0.6) is 0 Å². The predicted molar refractivity (Wildman–Crippen MR) is 141 cm³/mol. The highest BCUT2D eigenvalue weighted by atomic mass is 35.5. The van der Waals surface area contributed by atoms with Crippen molar-refractivity contribution in [2.75, 3.05) is 18.4 Å². The van der Waals surface area contributed by atoms with Crippen molar-refractivity contribution >= 4 is 40.6 Å². The molecule has 1 aliphatic rings. The molecule has 1 saturated heterocycles. The van der Waals surface area contributed by atoms with Crippen LogP contribution in [-0.4, -0.2) is 40.5 Å². The molecule has 37 heavy (non-hydrogen) atoms. The number of halogens is 1. The summed E-state index contributed by atoms with van der Waals surface area (Å²) in [6.45, 7) is 4.48. The number of benzene rings is 3. The first-order valence-corrected chi connectivity index (χ1v) is 12.3. The zero-order valence-corrected chi connectivity index (χ0v) is 21.2. The number of likely N-dealkylation sites (tertiary alicyclic amines) is 1. The van der Waals surface area contributed by atoms with Gasteiger partial charge in [-0.1, -0.05) is 53.6 Å². The maximum atomic E-state index is 13.1. The van der Waals surface area contributed by atoms with E-state index >= 15 is 0 Å². The lowest BCUT2D eigenvalue weighted by Gasteiger charge is -2.32. The van der Waals surface area contributed by atoms with Crippen molar-refractivity contribution < 1.29 is 19.3 Å². The van der Waals surface area contributed by atoms with E-state index in [4.69, 9.17) is 11.6 Å². The van der Waals surface area contributed by atoms with Gasteiger partial charge in [0.15, 0.2) is 0 Å². The molecule has 8 nitrogen and oxygen atoms in total. The number of piperidine rings is 1. The van der Waals surface area contributed by atoms with Gasteiger partial charge in [-0.3, -0.25) is 24.5 Å². The van der Waals surface area contributed by atoms with E-state index < -0.39 is 16.6 Å². The second-order valence-corrected chi connectivity index (χ2v) is 9.63. The maximum Gasteiger partial charge on any atom is 0.296 e. The number of amides is 2. The van der Waals surface area contributed by atoms with Gasteiger partial charge >= 0.3 is 0 Å². The number of rotatable bonds is 6. The Kier molecular flexibility index (Phi) is 7.69. The summed E-state index contributed by atoms with van der Waals surface area (Å²) in [5.41, 5.74) is 3.33. The third-order valence-electron chi connectivity index (χ3n) is 6.71. The molecule has 1 aliphatic heterocycles. The van der Waals surface area contributed by atoms with Gasteiger partial charge in [-0.05, 0) is 56.4 Å². The average molecular weight is 520 g/mol. The smallest absolute Gasteiger partial charge is 0.296 e. The first kappa shape index (κ1) is 26.0. The first-order chi connectivity index (χ1) is 17.6. The number of anilines is 1. The molecule has 190 valence electrons. The molecule has 2 amide bonds. The molecule has 0 aliphatic carbocycles. The Morgan fingerprint density at radius 2 is 1.59 bits per heavy atom. The molecule has 0 bridgehead atoms. The van der Waals surface area contributed by atoms with Crippen LogP contribution in [0, 0.1) is 24.0 Å². The molecule has 9 heteroatoms. The average Bonchev–Trinajstić information content (AvgIpc) is 2.90. The zero-order chi connectivity index (χ0) is 26.7. The maximum absolute atomic E-state index is 13.1. The Hall–Kier alpha value is -4.04. The molecule has 0 saturated carbocycles. The van der Waals surface area contributed by atoms with E-state index in [0.717, 1.165) is 24.0 Å². The molecule has 1 N–H and O–H groups in total. The lowest BCUT2D eigenvalue weighted by Crippen LogP contribution is -2.38. The summed E-state index contributed by atoms with van der Waals surface area (Å²) in [6, 6.07) is 16.9. The van der Waals surface area contributed by atoms with E-state index in [1.807, 2.05) is 19.1 Å². The fourth-order valence-corrected chi connectivity index (χ4v) is 4.74. The second-order valence-electron chi connectivity index (χ2n) is 9.19. The summed E-state index contributed by atoms with van der Waals surface area (Å²) in [4.78, 5) is 50.3. The number of carbonyl (C=O) groups is 3. The third-order valence-corrected chi connectivity index (χ3v) is 6.93. The minimum atomic E-state index is -0.694. The molecular weight excluding hydrogens is 494 g/mol. The molecule has 1 heterocycles. The molecule has 0 unspecified atom stereocenters. The number of nitrogens with one attached hydrogen (secondary N) is 1. The number of hydrogen-bond donors (Lipinski definition) is 1. The largest absolute Gasteiger partial charge is 0.339 e. The first-order valence-electron chi connectivity index (χ1n) is 11.9. The summed E-state index contributed by atoms with van der Waals surface area (Å²) < 4.78 is 0. The van der Waals surface area contributed by atoms with E-state index in [-0.39, 0.29) is 28.1 Å². The van der Waals surface area contributed by atoms with Gasteiger partial charge in [0.25, 0.3) is 23.3 Å². The summed E-state index contributed by atoms with van der Waals surface area (Å²) >= 11 is 6.03. The van der Waals surface area contributed by atoms with Crippen LogP contribution in [0.1, 0.15) is 56.2 Å². The van der Waals surface area contributed by atoms with Gasteiger partial charge in [0.2, 0.25) is 0 Å². The van der Waals surface area contributed by atoms with Crippen LogP contribution in [-0.2, 0) is 4.79 Å². The zero-order valence-electron chi connectivity index (χ0n) is 20.5. The van der Waals surface area contributed by atoms with E-state index in [1.54, 1.807) is 48.2 Å². The van der Waals surface area contributed by atoms with Crippen molar-refractivity contribution in [1.29, 1.82) is 0 Å². The lowest BCUT2D eigenvalue weighted by atomic mass is 9.89. The highest BCUT2D eigenvalue weighted by Crippen LogP contribution is 2.32. The molecule has 0 aromatic heterocycles. The molecule has 0 radical (unpaired) electrons. The molecule has 1 fully saturated rings. The second kappa shape index (κ2) is 10.9. The number of carbonyl (C=O) groups excluding carboxylic acids is 3. The minimum Gasteiger partial charge on any atom is -0.339 e. The minimum absolute atomic E-state index is 0.156. The molecule has 0 spiro atoms.